The zero-order valence-electron chi connectivity index (χ0n) is 10.4. The van der Waals surface area contributed by atoms with Gasteiger partial charge in [-0.05, 0) is 31.2 Å². The molecule has 0 spiro atoms. The highest BCUT2D eigenvalue weighted by molar-refractivity contribution is 6.01. The Bertz CT molecular complexity index is 604. The van der Waals surface area contributed by atoms with Crippen LogP contribution in [0.4, 0.5) is 5.69 Å². The van der Waals surface area contributed by atoms with Gasteiger partial charge in [0.05, 0.1) is 12.7 Å². The number of anilines is 1. The van der Waals surface area contributed by atoms with Crippen molar-refractivity contribution in [2.24, 2.45) is 0 Å². The maximum atomic E-state index is 11.8. The fraction of sp³-hybridized carbons (Fsp3) is 0.167. The number of nitrogens with one attached hydrogen (secondary N) is 2. The molecular formula is C12H12N4O3. The third kappa shape index (κ3) is 2.95. The first-order valence-corrected chi connectivity index (χ1v) is 5.49. The van der Waals surface area contributed by atoms with Gasteiger partial charge in [0.25, 0.3) is 5.91 Å². The molecular weight excluding hydrogens is 248 g/mol. The number of hydrogen-bond acceptors (Lipinski definition) is 5. The molecule has 2 N–H and O–H groups in total. The van der Waals surface area contributed by atoms with Crippen LogP contribution in [-0.4, -0.2) is 34.2 Å². The first kappa shape index (κ1) is 12.7. The van der Waals surface area contributed by atoms with Crippen LogP contribution in [-0.2, 0) is 4.74 Å². The molecule has 19 heavy (non-hydrogen) atoms. The molecule has 7 heteroatoms. The van der Waals surface area contributed by atoms with Gasteiger partial charge in [0, 0.05) is 5.69 Å². The lowest BCUT2D eigenvalue weighted by Crippen LogP contribution is -2.14. The first-order chi connectivity index (χ1) is 9.10. The second-order valence-corrected chi connectivity index (χ2v) is 3.77. The fourth-order valence-corrected chi connectivity index (χ4v) is 1.44. The van der Waals surface area contributed by atoms with Crippen LogP contribution in [0.5, 0.6) is 0 Å². The molecule has 1 heterocycles. The molecule has 0 radical (unpaired) electrons. The molecule has 0 fully saturated rings. The second kappa shape index (κ2) is 5.30. The third-order valence-electron chi connectivity index (χ3n) is 2.36. The van der Waals surface area contributed by atoms with Crippen LogP contribution in [0.1, 0.15) is 26.8 Å². The standard InChI is InChI=1S/C12H12N4O3/c1-7-13-10(16-15-7)11(17)14-9-5-3-8(4-6-9)12(18)19-2/h3-6H,1-2H3,(H,14,17)(H,13,15,16). The smallest absolute Gasteiger partial charge is 0.337 e. The van der Waals surface area contributed by atoms with Crippen LogP contribution >= 0.6 is 0 Å². The summed E-state index contributed by atoms with van der Waals surface area (Å²) < 4.78 is 4.58. The summed E-state index contributed by atoms with van der Waals surface area (Å²) in [6.45, 7) is 1.70. The van der Waals surface area contributed by atoms with E-state index in [1.54, 1.807) is 31.2 Å². The number of aromatic nitrogens is 3. The number of amides is 1. The predicted octanol–water partition coefficient (Wildman–Crippen LogP) is 1.15. The first-order valence-electron chi connectivity index (χ1n) is 5.49. The summed E-state index contributed by atoms with van der Waals surface area (Å²) in [6, 6.07) is 6.32. The van der Waals surface area contributed by atoms with Gasteiger partial charge in [-0.3, -0.25) is 9.89 Å². The highest BCUT2D eigenvalue weighted by atomic mass is 16.5. The van der Waals surface area contributed by atoms with Crippen molar-refractivity contribution in [3.63, 3.8) is 0 Å². The number of aromatic amines is 1. The van der Waals surface area contributed by atoms with E-state index in [0.717, 1.165) is 0 Å². The Morgan fingerprint density at radius 1 is 1.26 bits per heavy atom. The highest BCUT2D eigenvalue weighted by Gasteiger charge is 2.11. The van der Waals surface area contributed by atoms with Gasteiger partial charge >= 0.3 is 5.97 Å². The third-order valence-corrected chi connectivity index (χ3v) is 2.36. The average Bonchev–Trinajstić information content (AvgIpc) is 2.85. The SMILES string of the molecule is COC(=O)c1ccc(NC(=O)c2n[nH]c(C)n2)cc1. The molecule has 0 saturated heterocycles. The highest BCUT2D eigenvalue weighted by Crippen LogP contribution is 2.11. The largest absolute Gasteiger partial charge is 0.465 e. The Labute approximate surface area is 109 Å². The topological polar surface area (TPSA) is 97.0 Å². The second-order valence-electron chi connectivity index (χ2n) is 3.77. The monoisotopic (exact) mass is 260 g/mol. The summed E-state index contributed by atoms with van der Waals surface area (Å²) in [4.78, 5) is 26.9. The number of nitrogens with zero attached hydrogens (tertiary/aromatic N) is 2. The van der Waals surface area contributed by atoms with Crippen molar-refractivity contribution >= 4 is 17.6 Å². The van der Waals surface area contributed by atoms with Crippen molar-refractivity contribution in [2.45, 2.75) is 6.92 Å². The molecule has 0 aliphatic rings. The quantitative estimate of drug-likeness (QED) is 0.807. The molecule has 0 aliphatic heterocycles. The number of hydrogen-bond donors (Lipinski definition) is 2. The van der Waals surface area contributed by atoms with Crippen LogP contribution in [0.25, 0.3) is 0 Å². The number of benzene rings is 1. The average molecular weight is 260 g/mol. The van der Waals surface area contributed by atoms with E-state index in [1.807, 2.05) is 0 Å². The molecule has 1 aromatic carbocycles. The van der Waals surface area contributed by atoms with E-state index in [2.05, 4.69) is 25.2 Å². The molecule has 0 saturated carbocycles. The van der Waals surface area contributed by atoms with E-state index in [0.29, 0.717) is 17.1 Å². The summed E-state index contributed by atoms with van der Waals surface area (Å²) in [6.07, 6.45) is 0. The lowest BCUT2D eigenvalue weighted by molar-refractivity contribution is 0.0600. The van der Waals surface area contributed by atoms with E-state index in [1.165, 1.54) is 7.11 Å². The summed E-state index contributed by atoms with van der Waals surface area (Å²) in [5.41, 5.74) is 0.953. The number of H-pyrrole nitrogens is 1. The Balaban J connectivity index is 2.07. The number of aryl methyl sites for hydroxylation is 1. The zero-order valence-corrected chi connectivity index (χ0v) is 10.4. The van der Waals surface area contributed by atoms with Crippen molar-refractivity contribution in [1.82, 2.24) is 15.2 Å². The fourth-order valence-electron chi connectivity index (χ4n) is 1.44. The van der Waals surface area contributed by atoms with Gasteiger partial charge in [0.15, 0.2) is 0 Å². The Hall–Kier alpha value is -2.70. The molecule has 0 atom stereocenters. The van der Waals surface area contributed by atoms with Gasteiger partial charge in [-0.2, -0.15) is 0 Å². The minimum Gasteiger partial charge on any atom is -0.465 e. The number of methoxy groups -OCH3 is 1. The molecule has 2 aromatic rings. The van der Waals surface area contributed by atoms with E-state index in [-0.39, 0.29) is 5.82 Å². The molecule has 0 unspecified atom stereocenters. The van der Waals surface area contributed by atoms with Gasteiger partial charge in [-0.25, -0.2) is 9.78 Å². The van der Waals surface area contributed by atoms with E-state index >= 15 is 0 Å². The molecule has 98 valence electrons. The molecule has 1 aromatic heterocycles. The predicted molar refractivity (Wildman–Crippen MR) is 66.9 cm³/mol. The summed E-state index contributed by atoms with van der Waals surface area (Å²) in [7, 11) is 1.31. The lowest BCUT2D eigenvalue weighted by atomic mass is 10.2. The van der Waals surface area contributed by atoms with Crippen molar-refractivity contribution < 1.29 is 14.3 Å². The van der Waals surface area contributed by atoms with Crippen LogP contribution in [0, 0.1) is 6.92 Å². The minimum atomic E-state index is -0.428. The zero-order chi connectivity index (χ0) is 13.8. The summed E-state index contributed by atoms with van der Waals surface area (Å²) in [5, 5.41) is 8.95. The summed E-state index contributed by atoms with van der Waals surface area (Å²) >= 11 is 0. The molecule has 1 amide bonds. The van der Waals surface area contributed by atoms with Crippen LogP contribution in [0.3, 0.4) is 0 Å². The van der Waals surface area contributed by atoms with Crippen molar-refractivity contribution in [3.8, 4) is 0 Å². The van der Waals surface area contributed by atoms with Crippen LogP contribution in [0.15, 0.2) is 24.3 Å². The normalized spacial score (nSPS) is 10.0. The lowest BCUT2D eigenvalue weighted by Gasteiger charge is -2.03. The van der Waals surface area contributed by atoms with E-state index < -0.39 is 11.9 Å². The number of carbonyl (C=O) groups excluding carboxylic acids is 2. The van der Waals surface area contributed by atoms with E-state index in [9.17, 15) is 9.59 Å². The van der Waals surface area contributed by atoms with Gasteiger partial charge < -0.3 is 10.1 Å². The molecule has 7 nitrogen and oxygen atoms in total. The number of ether oxygens (including phenoxy) is 1. The molecule has 0 bridgehead atoms. The maximum Gasteiger partial charge on any atom is 0.337 e. The van der Waals surface area contributed by atoms with Gasteiger partial charge in [0.1, 0.15) is 5.82 Å². The van der Waals surface area contributed by atoms with Crippen molar-refractivity contribution in [3.05, 3.63) is 41.5 Å². The maximum absolute atomic E-state index is 11.8. The minimum absolute atomic E-state index is 0.0644. The summed E-state index contributed by atoms with van der Waals surface area (Å²) in [5.74, 6) is -0.224. The number of rotatable bonds is 3. The van der Waals surface area contributed by atoms with Crippen molar-refractivity contribution in [2.75, 3.05) is 12.4 Å². The van der Waals surface area contributed by atoms with Gasteiger partial charge in [-0.1, -0.05) is 0 Å². The van der Waals surface area contributed by atoms with E-state index in [4.69, 9.17) is 0 Å². The van der Waals surface area contributed by atoms with Crippen LogP contribution < -0.4 is 5.32 Å². The number of esters is 1. The Morgan fingerprint density at radius 2 is 1.95 bits per heavy atom. The number of carbonyl (C=O) groups is 2. The Morgan fingerprint density at radius 3 is 2.47 bits per heavy atom. The molecule has 2 rings (SSSR count). The van der Waals surface area contributed by atoms with Crippen molar-refractivity contribution in [1.29, 1.82) is 0 Å². The molecule has 0 aliphatic carbocycles. The van der Waals surface area contributed by atoms with Gasteiger partial charge in [0.2, 0.25) is 5.82 Å². The Kier molecular flexibility index (Phi) is 3.56. The van der Waals surface area contributed by atoms with Crippen LogP contribution in [0.2, 0.25) is 0 Å². The van der Waals surface area contributed by atoms with Gasteiger partial charge in [-0.15, -0.1) is 5.10 Å².